The lowest BCUT2D eigenvalue weighted by atomic mass is 9.85. The van der Waals surface area contributed by atoms with E-state index in [0.29, 0.717) is 5.69 Å². The SMILES string of the molecule is NC(=O)c1cc(N2C(=O)[C@@H]3[C@@H](C2=O)[C@H]2C=C[C@H]3C2)ccc1Cl. The molecule has 6 heteroatoms. The first-order valence-corrected chi connectivity index (χ1v) is 7.52. The largest absolute Gasteiger partial charge is 0.366 e. The number of primary amides is 1. The quantitative estimate of drug-likeness (QED) is 0.666. The van der Waals surface area contributed by atoms with Crippen LogP contribution in [0.3, 0.4) is 0 Å². The van der Waals surface area contributed by atoms with E-state index in [4.69, 9.17) is 17.3 Å². The van der Waals surface area contributed by atoms with Crippen molar-refractivity contribution in [1.82, 2.24) is 0 Å². The molecule has 0 spiro atoms. The highest BCUT2D eigenvalue weighted by Crippen LogP contribution is 2.53. The Labute approximate surface area is 131 Å². The van der Waals surface area contributed by atoms with E-state index in [-0.39, 0.29) is 46.1 Å². The molecule has 22 heavy (non-hydrogen) atoms. The standard InChI is InChI=1S/C16H13ClN2O3/c17-11-4-3-9(6-10(11)14(18)20)19-15(21)12-7-1-2-8(5-7)13(12)16(19)22/h1-4,6-8,12-13H,5H2,(H2,18,20)/t7-,8-,12-,13-/m0/s1. The van der Waals surface area contributed by atoms with Gasteiger partial charge in [0.25, 0.3) is 0 Å². The summed E-state index contributed by atoms with van der Waals surface area (Å²) in [7, 11) is 0. The van der Waals surface area contributed by atoms with Crippen LogP contribution in [0.25, 0.3) is 0 Å². The summed E-state index contributed by atoms with van der Waals surface area (Å²) in [5.41, 5.74) is 5.75. The smallest absolute Gasteiger partial charge is 0.250 e. The normalized spacial score (nSPS) is 32.0. The summed E-state index contributed by atoms with van der Waals surface area (Å²) in [5.74, 6) is -1.30. The Balaban J connectivity index is 1.76. The van der Waals surface area contributed by atoms with E-state index in [9.17, 15) is 14.4 Å². The molecule has 0 aromatic heterocycles. The number of nitrogens with two attached hydrogens (primary N) is 1. The van der Waals surface area contributed by atoms with Gasteiger partial charge in [-0.2, -0.15) is 0 Å². The molecular formula is C16H13ClN2O3. The third-order valence-electron chi connectivity index (χ3n) is 4.94. The van der Waals surface area contributed by atoms with Crippen molar-refractivity contribution >= 4 is 35.0 Å². The summed E-state index contributed by atoms with van der Waals surface area (Å²) in [6, 6.07) is 4.47. The molecule has 0 unspecified atom stereocenters. The number of anilines is 1. The fraction of sp³-hybridized carbons (Fsp3) is 0.312. The van der Waals surface area contributed by atoms with Gasteiger partial charge in [0.1, 0.15) is 0 Å². The molecule has 4 atom stereocenters. The lowest BCUT2D eigenvalue weighted by molar-refractivity contribution is -0.123. The summed E-state index contributed by atoms with van der Waals surface area (Å²) in [5, 5.41) is 0.206. The van der Waals surface area contributed by atoms with E-state index in [0.717, 1.165) is 6.42 Å². The average molecular weight is 317 g/mol. The summed E-state index contributed by atoms with van der Waals surface area (Å²) >= 11 is 5.92. The van der Waals surface area contributed by atoms with Gasteiger partial charge in [-0.1, -0.05) is 23.8 Å². The van der Waals surface area contributed by atoms with Crippen molar-refractivity contribution in [3.63, 3.8) is 0 Å². The maximum Gasteiger partial charge on any atom is 0.250 e. The first-order valence-electron chi connectivity index (χ1n) is 7.14. The maximum absolute atomic E-state index is 12.7. The Bertz CT molecular complexity index is 728. The summed E-state index contributed by atoms with van der Waals surface area (Å²) in [6.45, 7) is 0. The van der Waals surface area contributed by atoms with Gasteiger partial charge in [-0.3, -0.25) is 14.4 Å². The molecule has 112 valence electrons. The molecule has 2 bridgehead atoms. The van der Waals surface area contributed by atoms with Crippen LogP contribution in [0.15, 0.2) is 30.4 Å². The number of amides is 3. The second-order valence-electron chi connectivity index (χ2n) is 6.04. The zero-order valence-corrected chi connectivity index (χ0v) is 12.3. The summed E-state index contributed by atoms with van der Waals surface area (Å²) in [6.07, 6.45) is 4.96. The Morgan fingerprint density at radius 1 is 1.14 bits per heavy atom. The Kier molecular flexibility index (Phi) is 2.72. The van der Waals surface area contributed by atoms with E-state index in [1.165, 1.54) is 17.0 Å². The van der Waals surface area contributed by atoms with Gasteiger partial charge in [0, 0.05) is 0 Å². The van der Waals surface area contributed by atoms with Crippen LogP contribution >= 0.6 is 11.6 Å². The number of hydrogen-bond donors (Lipinski definition) is 1. The van der Waals surface area contributed by atoms with Crippen LogP contribution < -0.4 is 10.6 Å². The number of benzene rings is 1. The minimum absolute atomic E-state index is 0.109. The van der Waals surface area contributed by atoms with Crippen LogP contribution in [0.5, 0.6) is 0 Å². The second kappa shape index (κ2) is 4.43. The van der Waals surface area contributed by atoms with Crippen LogP contribution in [0.1, 0.15) is 16.8 Å². The molecule has 2 fully saturated rings. The van der Waals surface area contributed by atoms with Crippen LogP contribution in [-0.2, 0) is 9.59 Å². The van der Waals surface area contributed by atoms with Gasteiger partial charge in [-0.25, -0.2) is 4.90 Å². The fourth-order valence-electron chi connectivity index (χ4n) is 4.00. The number of imide groups is 1. The highest BCUT2D eigenvalue weighted by molar-refractivity contribution is 6.34. The van der Waals surface area contributed by atoms with Gasteiger partial charge < -0.3 is 5.73 Å². The van der Waals surface area contributed by atoms with E-state index >= 15 is 0 Å². The minimum atomic E-state index is -0.687. The van der Waals surface area contributed by atoms with Crippen molar-refractivity contribution in [1.29, 1.82) is 0 Å². The van der Waals surface area contributed by atoms with Crippen LogP contribution in [-0.4, -0.2) is 17.7 Å². The van der Waals surface area contributed by atoms with Crippen molar-refractivity contribution in [3.05, 3.63) is 40.9 Å². The molecule has 1 heterocycles. The van der Waals surface area contributed by atoms with Gasteiger partial charge in [0.05, 0.1) is 28.1 Å². The maximum atomic E-state index is 12.7. The van der Waals surface area contributed by atoms with Crippen molar-refractivity contribution in [3.8, 4) is 0 Å². The number of allylic oxidation sites excluding steroid dienone is 2. The first kappa shape index (κ1) is 13.5. The minimum Gasteiger partial charge on any atom is -0.366 e. The highest BCUT2D eigenvalue weighted by atomic mass is 35.5. The van der Waals surface area contributed by atoms with Gasteiger partial charge in [-0.05, 0) is 36.5 Å². The average Bonchev–Trinajstić information content (AvgIpc) is 3.14. The Morgan fingerprint density at radius 2 is 1.73 bits per heavy atom. The molecule has 2 N–H and O–H groups in total. The molecule has 2 aliphatic carbocycles. The molecule has 5 nitrogen and oxygen atoms in total. The number of halogens is 1. The lowest BCUT2D eigenvalue weighted by Crippen LogP contribution is -2.33. The monoisotopic (exact) mass is 316 g/mol. The summed E-state index contributed by atoms with van der Waals surface area (Å²) < 4.78 is 0. The third-order valence-corrected chi connectivity index (χ3v) is 5.27. The van der Waals surface area contributed by atoms with Crippen molar-refractivity contribution < 1.29 is 14.4 Å². The van der Waals surface area contributed by atoms with E-state index in [2.05, 4.69) is 0 Å². The molecule has 3 amide bonds. The first-order chi connectivity index (χ1) is 10.5. The Morgan fingerprint density at radius 3 is 2.27 bits per heavy atom. The second-order valence-corrected chi connectivity index (χ2v) is 6.45. The summed E-state index contributed by atoms with van der Waals surface area (Å²) in [4.78, 5) is 37.9. The lowest BCUT2D eigenvalue weighted by Gasteiger charge is -2.18. The molecule has 1 aliphatic heterocycles. The fourth-order valence-corrected chi connectivity index (χ4v) is 4.21. The highest BCUT2D eigenvalue weighted by Gasteiger charge is 2.59. The van der Waals surface area contributed by atoms with Crippen molar-refractivity contribution in [2.75, 3.05) is 4.90 Å². The molecule has 4 rings (SSSR count). The zero-order chi connectivity index (χ0) is 15.6. The predicted octanol–water partition coefficient (Wildman–Crippen LogP) is 1.75. The van der Waals surface area contributed by atoms with E-state index in [1.54, 1.807) is 6.07 Å². The molecule has 1 saturated heterocycles. The van der Waals surface area contributed by atoms with Gasteiger partial charge in [0.2, 0.25) is 17.7 Å². The van der Waals surface area contributed by atoms with Crippen LogP contribution in [0, 0.1) is 23.7 Å². The van der Waals surface area contributed by atoms with Crippen molar-refractivity contribution in [2.24, 2.45) is 29.4 Å². The van der Waals surface area contributed by atoms with Gasteiger partial charge in [0.15, 0.2) is 0 Å². The van der Waals surface area contributed by atoms with Gasteiger partial charge >= 0.3 is 0 Å². The number of fused-ring (bicyclic) bond motifs is 5. The molecule has 0 radical (unpaired) electrons. The number of nitrogens with zero attached hydrogens (tertiary/aromatic N) is 1. The van der Waals surface area contributed by atoms with Gasteiger partial charge in [-0.15, -0.1) is 0 Å². The van der Waals surface area contributed by atoms with Crippen LogP contribution in [0.4, 0.5) is 5.69 Å². The zero-order valence-electron chi connectivity index (χ0n) is 11.5. The number of hydrogen-bond acceptors (Lipinski definition) is 3. The number of carbonyl (C=O) groups is 3. The third kappa shape index (κ3) is 1.63. The topological polar surface area (TPSA) is 80.5 Å². The molecule has 1 saturated carbocycles. The molecule has 3 aliphatic rings. The number of rotatable bonds is 2. The van der Waals surface area contributed by atoms with E-state index < -0.39 is 5.91 Å². The predicted molar refractivity (Wildman–Crippen MR) is 80.2 cm³/mol. The molecular weight excluding hydrogens is 304 g/mol. The van der Waals surface area contributed by atoms with Crippen molar-refractivity contribution in [2.45, 2.75) is 6.42 Å². The van der Waals surface area contributed by atoms with E-state index in [1.807, 2.05) is 12.2 Å². The number of carbonyl (C=O) groups excluding carboxylic acids is 3. The molecule has 1 aromatic rings. The van der Waals surface area contributed by atoms with Crippen LogP contribution in [0.2, 0.25) is 5.02 Å². The Hall–Kier alpha value is -2.14. The molecule has 1 aromatic carbocycles.